The molecule has 2 N–H and O–H groups in total. The summed E-state index contributed by atoms with van der Waals surface area (Å²) in [6.07, 6.45) is 8.49. The summed E-state index contributed by atoms with van der Waals surface area (Å²) in [4.78, 5) is 28.5. The minimum absolute atomic E-state index is 0.0859. The van der Waals surface area contributed by atoms with Gasteiger partial charge in [-0.15, -0.1) is 11.3 Å². The number of nitrogens with zero attached hydrogens (tertiary/aromatic N) is 2. The van der Waals surface area contributed by atoms with Crippen molar-refractivity contribution in [3.8, 4) is 6.07 Å². The van der Waals surface area contributed by atoms with Gasteiger partial charge in [0.15, 0.2) is 0 Å². The van der Waals surface area contributed by atoms with E-state index < -0.39 is 0 Å². The Morgan fingerprint density at radius 1 is 1.27 bits per heavy atom. The van der Waals surface area contributed by atoms with E-state index in [9.17, 15) is 14.9 Å². The van der Waals surface area contributed by atoms with E-state index in [0.717, 1.165) is 44.1 Å². The van der Waals surface area contributed by atoms with Crippen LogP contribution in [0.1, 0.15) is 53.9 Å². The summed E-state index contributed by atoms with van der Waals surface area (Å²) in [5, 5.41) is 16.1. The third-order valence-corrected chi connectivity index (χ3v) is 7.02. The molecule has 1 aliphatic carbocycles. The Hall–Kier alpha value is -2.63. The number of furan rings is 1. The predicted molar refractivity (Wildman–Crippen MR) is 114 cm³/mol. The predicted octanol–water partition coefficient (Wildman–Crippen LogP) is 3.20. The van der Waals surface area contributed by atoms with Crippen LogP contribution in [0.2, 0.25) is 0 Å². The van der Waals surface area contributed by atoms with Gasteiger partial charge in [-0.05, 0) is 62.8 Å². The molecule has 3 heterocycles. The van der Waals surface area contributed by atoms with Crippen LogP contribution in [0, 0.1) is 11.3 Å². The fraction of sp³-hybridized carbons (Fsp3) is 0.500. The lowest BCUT2D eigenvalue weighted by Gasteiger charge is -2.22. The lowest BCUT2D eigenvalue weighted by atomic mass is 10.1. The highest BCUT2D eigenvalue weighted by Gasteiger charge is 2.32. The number of likely N-dealkylation sites (tertiary alicyclic amines) is 1. The van der Waals surface area contributed by atoms with Gasteiger partial charge in [0.1, 0.15) is 16.8 Å². The van der Waals surface area contributed by atoms with Gasteiger partial charge in [-0.25, -0.2) is 0 Å². The molecule has 158 valence electrons. The Bertz CT molecular complexity index is 944. The normalized spacial score (nSPS) is 19.0. The molecule has 1 atom stereocenters. The van der Waals surface area contributed by atoms with Crippen molar-refractivity contribution in [2.45, 2.75) is 57.5 Å². The highest BCUT2D eigenvalue weighted by molar-refractivity contribution is 7.16. The smallest absolute Gasteiger partial charge is 0.239 e. The molecule has 0 spiro atoms. The van der Waals surface area contributed by atoms with Gasteiger partial charge in [0.2, 0.25) is 11.8 Å². The Morgan fingerprint density at radius 2 is 2.13 bits per heavy atom. The molecule has 7 nitrogen and oxygen atoms in total. The van der Waals surface area contributed by atoms with E-state index in [2.05, 4.69) is 16.7 Å². The molecule has 0 aromatic carbocycles. The summed E-state index contributed by atoms with van der Waals surface area (Å²) in [5.41, 5.74) is 1.74. The third kappa shape index (κ3) is 4.58. The van der Waals surface area contributed by atoms with Gasteiger partial charge in [-0.1, -0.05) is 6.42 Å². The van der Waals surface area contributed by atoms with Crippen molar-refractivity contribution in [3.05, 3.63) is 40.2 Å². The van der Waals surface area contributed by atoms with E-state index in [-0.39, 0.29) is 24.4 Å². The van der Waals surface area contributed by atoms with Crippen LogP contribution in [-0.2, 0) is 29.0 Å². The Balaban J connectivity index is 1.36. The van der Waals surface area contributed by atoms with Gasteiger partial charge in [-0.3, -0.25) is 14.5 Å². The first-order valence-electron chi connectivity index (χ1n) is 10.5. The molecule has 2 aromatic rings. The number of carbonyl (C=O) groups excluding carboxylic acids is 2. The van der Waals surface area contributed by atoms with Gasteiger partial charge in [-0.2, -0.15) is 5.26 Å². The van der Waals surface area contributed by atoms with Crippen molar-refractivity contribution in [2.24, 2.45) is 0 Å². The van der Waals surface area contributed by atoms with Gasteiger partial charge < -0.3 is 15.1 Å². The quantitative estimate of drug-likeness (QED) is 0.691. The van der Waals surface area contributed by atoms with Crippen LogP contribution in [-0.4, -0.2) is 35.8 Å². The highest BCUT2D eigenvalue weighted by Crippen LogP contribution is 2.37. The minimum Gasteiger partial charge on any atom is -0.467 e. The maximum absolute atomic E-state index is 12.7. The number of fused-ring (bicyclic) bond motifs is 1. The molecule has 2 aromatic heterocycles. The second-order valence-electron chi connectivity index (χ2n) is 7.85. The summed E-state index contributed by atoms with van der Waals surface area (Å²) in [6, 6.07) is 5.58. The summed E-state index contributed by atoms with van der Waals surface area (Å²) in [6.45, 7) is 1.19. The first-order chi connectivity index (χ1) is 14.7. The van der Waals surface area contributed by atoms with Crippen molar-refractivity contribution in [1.29, 1.82) is 5.26 Å². The number of hydrogen-bond donors (Lipinski definition) is 2. The van der Waals surface area contributed by atoms with Crippen LogP contribution in [0.25, 0.3) is 0 Å². The largest absolute Gasteiger partial charge is 0.467 e. The molecule has 0 unspecified atom stereocenters. The fourth-order valence-corrected chi connectivity index (χ4v) is 5.57. The summed E-state index contributed by atoms with van der Waals surface area (Å²) >= 11 is 1.54. The summed E-state index contributed by atoms with van der Waals surface area (Å²) < 4.78 is 5.25. The topological polar surface area (TPSA) is 98.4 Å². The van der Waals surface area contributed by atoms with Crippen LogP contribution >= 0.6 is 11.3 Å². The third-order valence-electron chi connectivity index (χ3n) is 5.82. The van der Waals surface area contributed by atoms with Crippen molar-refractivity contribution in [1.82, 2.24) is 10.2 Å². The summed E-state index contributed by atoms with van der Waals surface area (Å²) in [5.74, 6) is 0.443. The Labute approximate surface area is 180 Å². The molecule has 8 heteroatoms. The minimum atomic E-state index is -0.318. The molecular formula is C22H26N4O3S. The number of nitriles is 1. The number of rotatable bonds is 6. The number of anilines is 1. The van der Waals surface area contributed by atoms with Crippen LogP contribution in [0.3, 0.4) is 0 Å². The lowest BCUT2D eigenvalue weighted by molar-refractivity contribution is -0.126. The molecule has 2 aliphatic rings. The van der Waals surface area contributed by atoms with Crippen LogP contribution in [0.5, 0.6) is 0 Å². The van der Waals surface area contributed by atoms with Crippen LogP contribution in [0.15, 0.2) is 22.8 Å². The van der Waals surface area contributed by atoms with E-state index in [4.69, 9.17) is 4.42 Å². The number of aryl methyl sites for hydroxylation is 1. The molecular weight excluding hydrogens is 400 g/mol. The number of hydrogen-bond acceptors (Lipinski definition) is 6. The van der Waals surface area contributed by atoms with Gasteiger partial charge in [0.25, 0.3) is 0 Å². The summed E-state index contributed by atoms with van der Waals surface area (Å²) in [7, 11) is 0. The molecule has 2 amide bonds. The standard InChI is InChI=1S/C22H26N4O3S/c23-12-17-16-7-2-1-3-9-19(16)30-22(17)25-20(27)14-26-10-4-8-18(26)21(28)24-13-15-6-5-11-29-15/h5-6,11,18H,1-4,7-10,13-14H2,(H,24,28)(H,25,27)/t18-/m1/s1. The number of thiophene rings is 1. The first kappa shape index (κ1) is 20.6. The monoisotopic (exact) mass is 426 g/mol. The van der Waals surface area contributed by atoms with E-state index >= 15 is 0 Å². The zero-order chi connectivity index (χ0) is 20.9. The molecule has 0 radical (unpaired) electrons. The van der Waals surface area contributed by atoms with E-state index in [1.165, 1.54) is 22.6 Å². The second kappa shape index (κ2) is 9.45. The fourth-order valence-electron chi connectivity index (χ4n) is 4.32. The van der Waals surface area contributed by atoms with Gasteiger partial charge in [0, 0.05) is 4.88 Å². The second-order valence-corrected chi connectivity index (χ2v) is 8.96. The average Bonchev–Trinajstić information content (AvgIpc) is 3.44. The molecule has 1 aliphatic heterocycles. The molecule has 30 heavy (non-hydrogen) atoms. The maximum atomic E-state index is 12.7. The van der Waals surface area contributed by atoms with E-state index in [1.807, 2.05) is 11.0 Å². The number of carbonyl (C=O) groups is 2. The zero-order valence-corrected chi connectivity index (χ0v) is 17.7. The van der Waals surface area contributed by atoms with Crippen LogP contribution in [0.4, 0.5) is 5.00 Å². The van der Waals surface area contributed by atoms with E-state index in [0.29, 0.717) is 29.4 Å². The number of nitrogens with one attached hydrogen (secondary N) is 2. The zero-order valence-electron chi connectivity index (χ0n) is 16.9. The number of amides is 2. The van der Waals surface area contributed by atoms with Crippen molar-refractivity contribution >= 4 is 28.2 Å². The van der Waals surface area contributed by atoms with Crippen molar-refractivity contribution in [2.75, 3.05) is 18.4 Å². The van der Waals surface area contributed by atoms with Gasteiger partial charge in [0.05, 0.1) is 31.0 Å². The van der Waals surface area contributed by atoms with Crippen molar-refractivity contribution in [3.63, 3.8) is 0 Å². The molecule has 1 fully saturated rings. The molecule has 0 saturated carbocycles. The molecule has 1 saturated heterocycles. The van der Waals surface area contributed by atoms with Crippen molar-refractivity contribution < 1.29 is 14.0 Å². The Morgan fingerprint density at radius 3 is 2.93 bits per heavy atom. The van der Waals surface area contributed by atoms with Crippen LogP contribution < -0.4 is 10.6 Å². The Kier molecular flexibility index (Phi) is 6.50. The SMILES string of the molecule is N#Cc1c(NC(=O)CN2CCC[C@@H]2C(=O)NCc2ccco2)sc2c1CCCCC2. The molecule has 0 bridgehead atoms. The molecule has 4 rings (SSSR count). The van der Waals surface area contributed by atoms with Gasteiger partial charge >= 0.3 is 0 Å². The lowest BCUT2D eigenvalue weighted by Crippen LogP contribution is -2.45. The first-order valence-corrected chi connectivity index (χ1v) is 11.4. The van der Waals surface area contributed by atoms with E-state index in [1.54, 1.807) is 12.3 Å². The highest BCUT2D eigenvalue weighted by atomic mass is 32.1. The average molecular weight is 427 g/mol. The maximum Gasteiger partial charge on any atom is 0.239 e.